The van der Waals surface area contributed by atoms with Gasteiger partial charge in [-0.05, 0) is 50.8 Å². The first kappa shape index (κ1) is 27.8. The molecular formula is C32H34ClN7O2. The number of hydrogen-bond acceptors (Lipinski definition) is 6. The Kier molecular flexibility index (Phi) is 7.38. The lowest BCUT2D eigenvalue weighted by atomic mass is 9.93. The Bertz CT molecular complexity index is 1680. The lowest BCUT2D eigenvalue weighted by Crippen LogP contribution is -2.54. The van der Waals surface area contributed by atoms with Crippen molar-refractivity contribution in [3.05, 3.63) is 83.7 Å². The van der Waals surface area contributed by atoms with Crippen LogP contribution in [0, 0.1) is 0 Å². The van der Waals surface area contributed by atoms with Crippen molar-refractivity contribution >= 4 is 51.5 Å². The molecule has 1 unspecified atom stereocenters. The van der Waals surface area contributed by atoms with Gasteiger partial charge in [0, 0.05) is 85.0 Å². The number of carbonyl (C=O) groups is 2. The Morgan fingerprint density at radius 2 is 1.93 bits per heavy atom. The van der Waals surface area contributed by atoms with Crippen molar-refractivity contribution in [3.8, 4) is 11.1 Å². The SMILES string of the molecule is CN(C)C/C=C/C(=O)Nc1ccc(C(=O)N2CCC3(C2)CN(C)c2c(ncc(Cl)c2-c2c[nH]c4ccccc24)N3)cc1. The predicted molar refractivity (Wildman–Crippen MR) is 169 cm³/mol. The number of likely N-dealkylation sites (N-methyl/N-ethyl adjacent to an activating group) is 2. The van der Waals surface area contributed by atoms with Crippen LogP contribution in [0.25, 0.3) is 22.0 Å². The summed E-state index contributed by atoms with van der Waals surface area (Å²) >= 11 is 6.76. The second-order valence-electron chi connectivity index (χ2n) is 11.4. The molecule has 1 fully saturated rings. The maximum absolute atomic E-state index is 13.5. The van der Waals surface area contributed by atoms with Crippen LogP contribution in [0.2, 0.25) is 5.02 Å². The van der Waals surface area contributed by atoms with E-state index in [9.17, 15) is 9.59 Å². The summed E-state index contributed by atoms with van der Waals surface area (Å²) in [5, 5.41) is 8.23. The van der Waals surface area contributed by atoms with E-state index in [1.807, 2.05) is 42.2 Å². The van der Waals surface area contributed by atoms with Gasteiger partial charge in [0.2, 0.25) is 5.91 Å². The van der Waals surface area contributed by atoms with Crippen LogP contribution in [0.4, 0.5) is 17.2 Å². The smallest absolute Gasteiger partial charge is 0.253 e. The predicted octanol–water partition coefficient (Wildman–Crippen LogP) is 5.09. The van der Waals surface area contributed by atoms with Crippen LogP contribution in [-0.2, 0) is 4.79 Å². The molecule has 2 aliphatic heterocycles. The van der Waals surface area contributed by atoms with Gasteiger partial charge in [-0.1, -0.05) is 35.9 Å². The van der Waals surface area contributed by atoms with Gasteiger partial charge in [-0.25, -0.2) is 4.98 Å². The van der Waals surface area contributed by atoms with Gasteiger partial charge in [0.15, 0.2) is 5.82 Å². The molecule has 2 amide bonds. The number of likely N-dealkylation sites (tertiary alicyclic amines) is 1. The molecule has 1 saturated heterocycles. The van der Waals surface area contributed by atoms with E-state index in [4.69, 9.17) is 11.6 Å². The third-order valence-corrected chi connectivity index (χ3v) is 8.24. The topological polar surface area (TPSA) is 96.6 Å². The van der Waals surface area contributed by atoms with Gasteiger partial charge in [0.1, 0.15) is 0 Å². The summed E-state index contributed by atoms with van der Waals surface area (Å²) in [6.45, 7) is 2.57. The Morgan fingerprint density at radius 1 is 1.14 bits per heavy atom. The van der Waals surface area contributed by atoms with Gasteiger partial charge >= 0.3 is 0 Å². The van der Waals surface area contributed by atoms with Crippen molar-refractivity contribution in [1.82, 2.24) is 19.8 Å². The standard InChI is InChI=1S/C32H34ClN7O2/c1-38(2)15-6-9-27(41)36-22-12-10-21(11-13-22)31(42)40-16-14-32(20-40)19-39(3)29-28(25(33)18-35-30(29)37-32)24-17-34-26-8-5-4-7-23(24)26/h4-13,17-18,34H,14-16,19-20H2,1-3H3,(H,35,37)(H,36,41)/b9-6+. The van der Waals surface area contributed by atoms with Crippen LogP contribution in [-0.4, -0.2) is 84.4 Å². The van der Waals surface area contributed by atoms with Crippen molar-refractivity contribution < 1.29 is 9.59 Å². The molecule has 9 nitrogen and oxygen atoms in total. The fraction of sp³-hybridized carbons (Fsp3) is 0.281. The molecule has 0 bridgehead atoms. The van der Waals surface area contributed by atoms with E-state index in [0.717, 1.165) is 40.0 Å². The first-order valence-electron chi connectivity index (χ1n) is 14.0. The number of hydrogen-bond donors (Lipinski definition) is 3. The van der Waals surface area contributed by atoms with Gasteiger partial charge in [-0.2, -0.15) is 0 Å². The molecule has 6 rings (SSSR count). The molecular weight excluding hydrogens is 550 g/mol. The summed E-state index contributed by atoms with van der Waals surface area (Å²) in [5.41, 5.74) is 4.88. The molecule has 0 radical (unpaired) electrons. The summed E-state index contributed by atoms with van der Waals surface area (Å²) in [4.78, 5) is 39.7. The van der Waals surface area contributed by atoms with E-state index in [-0.39, 0.29) is 17.4 Å². The Hall–Kier alpha value is -4.34. The molecule has 1 atom stereocenters. The van der Waals surface area contributed by atoms with Crippen molar-refractivity contribution in [2.75, 3.05) is 62.9 Å². The average molecular weight is 584 g/mol. The van der Waals surface area contributed by atoms with Gasteiger partial charge < -0.3 is 30.3 Å². The molecule has 0 saturated carbocycles. The molecule has 4 aromatic rings. The number of rotatable bonds is 6. The summed E-state index contributed by atoms with van der Waals surface area (Å²) in [7, 11) is 5.94. The molecule has 2 aromatic carbocycles. The van der Waals surface area contributed by atoms with Crippen LogP contribution in [0.1, 0.15) is 16.8 Å². The lowest BCUT2D eigenvalue weighted by Gasteiger charge is -2.42. The monoisotopic (exact) mass is 583 g/mol. The van der Waals surface area contributed by atoms with Crippen molar-refractivity contribution in [2.45, 2.75) is 12.0 Å². The molecule has 3 N–H and O–H groups in total. The van der Waals surface area contributed by atoms with Gasteiger partial charge in [-0.15, -0.1) is 0 Å². The number of benzene rings is 2. The first-order chi connectivity index (χ1) is 20.2. The van der Waals surface area contributed by atoms with E-state index in [0.29, 0.717) is 42.5 Å². The minimum Gasteiger partial charge on any atom is -0.369 e. The van der Waals surface area contributed by atoms with Crippen molar-refractivity contribution in [1.29, 1.82) is 0 Å². The number of fused-ring (bicyclic) bond motifs is 2. The third kappa shape index (κ3) is 5.33. The number of amides is 2. The average Bonchev–Trinajstić information content (AvgIpc) is 3.57. The van der Waals surface area contributed by atoms with Gasteiger partial charge in [0.25, 0.3) is 5.91 Å². The highest BCUT2D eigenvalue weighted by atomic mass is 35.5. The molecule has 2 aliphatic rings. The number of aromatic amines is 1. The minimum atomic E-state index is -0.331. The highest BCUT2D eigenvalue weighted by Crippen LogP contribution is 2.47. The van der Waals surface area contributed by atoms with E-state index in [2.05, 4.69) is 44.7 Å². The van der Waals surface area contributed by atoms with E-state index < -0.39 is 0 Å². The quantitative estimate of drug-likeness (QED) is 0.274. The molecule has 216 valence electrons. The van der Waals surface area contributed by atoms with Gasteiger partial charge in [-0.3, -0.25) is 9.59 Å². The van der Waals surface area contributed by atoms with Crippen LogP contribution in [0.5, 0.6) is 0 Å². The lowest BCUT2D eigenvalue weighted by molar-refractivity contribution is -0.111. The normalized spacial score (nSPS) is 18.2. The maximum Gasteiger partial charge on any atom is 0.253 e. The summed E-state index contributed by atoms with van der Waals surface area (Å²) < 4.78 is 0. The van der Waals surface area contributed by atoms with E-state index in [1.54, 1.807) is 36.5 Å². The summed E-state index contributed by atoms with van der Waals surface area (Å²) in [6, 6.07) is 15.2. The highest BCUT2D eigenvalue weighted by Gasteiger charge is 2.45. The molecule has 0 aliphatic carbocycles. The van der Waals surface area contributed by atoms with Gasteiger partial charge in [0.05, 0.1) is 16.2 Å². The Labute approximate surface area is 250 Å². The van der Waals surface area contributed by atoms with E-state index in [1.165, 1.54) is 6.08 Å². The number of aromatic nitrogens is 2. The largest absolute Gasteiger partial charge is 0.369 e. The number of carbonyl (C=O) groups excluding carboxylic acids is 2. The second kappa shape index (κ2) is 11.2. The number of nitrogens with zero attached hydrogens (tertiary/aromatic N) is 4. The molecule has 2 aromatic heterocycles. The fourth-order valence-corrected chi connectivity index (χ4v) is 6.25. The number of nitrogens with one attached hydrogen (secondary N) is 3. The number of pyridine rings is 1. The van der Waals surface area contributed by atoms with Crippen molar-refractivity contribution in [2.24, 2.45) is 0 Å². The van der Waals surface area contributed by atoms with Crippen molar-refractivity contribution in [3.63, 3.8) is 0 Å². The van der Waals surface area contributed by atoms with Crippen LogP contribution in [0.15, 0.2) is 73.1 Å². The maximum atomic E-state index is 13.5. The first-order valence-corrected chi connectivity index (χ1v) is 14.4. The third-order valence-electron chi connectivity index (χ3n) is 7.95. The number of halogens is 1. The zero-order valence-corrected chi connectivity index (χ0v) is 24.7. The number of anilines is 3. The van der Waals surface area contributed by atoms with Crippen LogP contribution in [0.3, 0.4) is 0 Å². The zero-order valence-electron chi connectivity index (χ0n) is 23.9. The highest BCUT2D eigenvalue weighted by molar-refractivity contribution is 6.34. The fourth-order valence-electron chi connectivity index (χ4n) is 6.01. The number of H-pyrrole nitrogens is 1. The molecule has 4 heterocycles. The van der Waals surface area contributed by atoms with E-state index >= 15 is 0 Å². The summed E-state index contributed by atoms with van der Waals surface area (Å²) in [6.07, 6.45) is 7.81. The summed E-state index contributed by atoms with van der Waals surface area (Å²) in [5.74, 6) is 0.532. The van der Waals surface area contributed by atoms with Crippen LogP contribution < -0.4 is 15.5 Å². The minimum absolute atomic E-state index is 0.0329. The van der Waals surface area contributed by atoms with Crippen LogP contribution >= 0.6 is 11.6 Å². The zero-order chi connectivity index (χ0) is 29.4. The molecule has 10 heteroatoms. The second-order valence-corrected chi connectivity index (χ2v) is 11.8. The Balaban J connectivity index is 1.17. The molecule has 42 heavy (non-hydrogen) atoms. The molecule has 1 spiro atoms. The number of para-hydroxylation sites is 1. The Morgan fingerprint density at radius 3 is 2.71 bits per heavy atom.